The molecule has 0 fully saturated rings. The smallest absolute Gasteiger partial charge is 0.196 e. The fraction of sp³-hybridized carbons (Fsp3) is 0.161. The van der Waals surface area contributed by atoms with Crippen molar-refractivity contribution in [2.75, 3.05) is 21.3 Å². The highest BCUT2D eigenvalue weighted by atomic mass is 16.5. The number of fused-ring (bicyclic) bond motifs is 4. The van der Waals surface area contributed by atoms with Crippen LogP contribution in [-0.4, -0.2) is 36.6 Å². The molecule has 0 aliphatic carbocycles. The Morgan fingerprint density at radius 3 is 1.54 bits per heavy atom. The Labute approximate surface area is 231 Å². The van der Waals surface area contributed by atoms with Gasteiger partial charge in [0.15, 0.2) is 10.9 Å². The molecule has 0 spiro atoms. The minimum absolute atomic E-state index is 0.0185. The number of hydrogen-bond acceptors (Lipinski definition) is 10. The van der Waals surface area contributed by atoms with Gasteiger partial charge >= 0.3 is 0 Å². The molecule has 0 saturated carbocycles. The van der Waals surface area contributed by atoms with Gasteiger partial charge < -0.3 is 38.4 Å². The van der Waals surface area contributed by atoms with Crippen LogP contribution in [0.3, 0.4) is 0 Å². The Morgan fingerprint density at radius 2 is 1.05 bits per heavy atom. The van der Waals surface area contributed by atoms with Crippen LogP contribution in [0.1, 0.15) is 11.5 Å². The van der Waals surface area contributed by atoms with E-state index in [9.17, 15) is 24.9 Å². The van der Waals surface area contributed by atoms with Gasteiger partial charge in [-0.05, 0) is 26.0 Å². The number of rotatable bonds is 4. The number of ether oxygens (including phenoxy) is 3. The van der Waals surface area contributed by atoms with Gasteiger partial charge in [-0.15, -0.1) is 0 Å². The maximum absolute atomic E-state index is 13.4. The molecule has 0 saturated heterocycles. The van der Waals surface area contributed by atoms with Crippen molar-refractivity contribution in [1.29, 1.82) is 0 Å². The van der Waals surface area contributed by atoms with E-state index in [1.54, 1.807) is 32.0 Å². The molecule has 2 aromatic heterocycles. The fourth-order valence-corrected chi connectivity index (χ4v) is 5.49. The summed E-state index contributed by atoms with van der Waals surface area (Å²) in [4.78, 5) is 26.6. The van der Waals surface area contributed by atoms with Gasteiger partial charge in [-0.3, -0.25) is 9.59 Å². The zero-order valence-corrected chi connectivity index (χ0v) is 22.7. The minimum atomic E-state index is -0.556. The average Bonchev–Trinajstić information content (AvgIpc) is 2.92. The number of phenolic OH excluding ortho intramolecular Hbond substituents is 3. The maximum Gasteiger partial charge on any atom is 0.196 e. The van der Waals surface area contributed by atoms with Crippen LogP contribution in [0.2, 0.25) is 0 Å². The second kappa shape index (κ2) is 9.09. The Bertz CT molecular complexity index is 2210. The number of aromatic hydroxyl groups is 3. The Balaban J connectivity index is 2.07. The first-order chi connectivity index (χ1) is 19.6. The molecule has 3 N–H and O–H groups in total. The van der Waals surface area contributed by atoms with E-state index in [-0.39, 0.29) is 83.7 Å². The van der Waals surface area contributed by atoms with Crippen molar-refractivity contribution in [2.45, 2.75) is 13.8 Å². The van der Waals surface area contributed by atoms with Crippen molar-refractivity contribution in [3.8, 4) is 45.6 Å². The van der Waals surface area contributed by atoms with E-state index in [1.807, 2.05) is 0 Å². The first-order valence-electron chi connectivity index (χ1n) is 12.4. The van der Waals surface area contributed by atoms with Crippen LogP contribution in [0.25, 0.3) is 54.6 Å². The number of hydrogen-bond donors (Lipinski definition) is 3. The summed E-state index contributed by atoms with van der Waals surface area (Å²) in [5.41, 5.74) is -0.710. The summed E-state index contributed by atoms with van der Waals surface area (Å²) < 4.78 is 28.7. The Hall–Kier alpha value is -5.38. The van der Waals surface area contributed by atoms with Gasteiger partial charge in [0.1, 0.15) is 68.0 Å². The largest absolute Gasteiger partial charge is 0.507 e. The van der Waals surface area contributed by atoms with E-state index in [0.717, 1.165) is 0 Å². The van der Waals surface area contributed by atoms with E-state index in [0.29, 0.717) is 11.1 Å². The van der Waals surface area contributed by atoms with Gasteiger partial charge in [0.2, 0.25) is 0 Å². The summed E-state index contributed by atoms with van der Waals surface area (Å²) in [6, 6.07) is 8.51. The molecule has 0 radical (unpaired) electrons. The third-order valence-electron chi connectivity index (χ3n) is 7.19. The van der Waals surface area contributed by atoms with E-state index in [1.165, 1.54) is 39.5 Å². The lowest BCUT2D eigenvalue weighted by Gasteiger charge is -2.20. The summed E-state index contributed by atoms with van der Waals surface area (Å²) in [5.74, 6) is 0.0634. The molecule has 0 aliphatic rings. The molecule has 2 heterocycles. The molecule has 4 aromatic carbocycles. The molecule has 10 heteroatoms. The van der Waals surface area contributed by atoms with Gasteiger partial charge in [-0.2, -0.15) is 0 Å². The van der Waals surface area contributed by atoms with Gasteiger partial charge in [0.25, 0.3) is 0 Å². The highest BCUT2D eigenvalue weighted by molar-refractivity contribution is 6.26. The van der Waals surface area contributed by atoms with Crippen LogP contribution in [0.5, 0.6) is 34.5 Å². The summed E-state index contributed by atoms with van der Waals surface area (Å²) in [5, 5.41) is 34.1. The molecule has 0 aliphatic heterocycles. The lowest BCUT2D eigenvalue weighted by Crippen LogP contribution is -2.05. The summed E-state index contributed by atoms with van der Waals surface area (Å²) in [6.45, 7) is 3.17. The monoisotopic (exact) mass is 556 g/mol. The second-order valence-corrected chi connectivity index (χ2v) is 9.62. The van der Waals surface area contributed by atoms with Gasteiger partial charge in [-0.25, -0.2) is 0 Å². The van der Waals surface area contributed by atoms with Crippen LogP contribution in [0.15, 0.2) is 54.8 Å². The first kappa shape index (κ1) is 25.9. The summed E-state index contributed by atoms with van der Waals surface area (Å²) >= 11 is 0. The van der Waals surface area contributed by atoms with Crippen LogP contribution in [0.4, 0.5) is 0 Å². The van der Waals surface area contributed by atoms with Crippen LogP contribution < -0.4 is 25.1 Å². The van der Waals surface area contributed by atoms with E-state index < -0.39 is 16.6 Å². The van der Waals surface area contributed by atoms with Gasteiger partial charge in [0.05, 0.1) is 32.1 Å². The van der Waals surface area contributed by atoms with E-state index in [4.69, 9.17) is 23.0 Å². The van der Waals surface area contributed by atoms with Crippen molar-refractivity contribution in [3.05, 3.63) is 68.4 Å². The fourth-order valence-electron chi connectivity index (χ4n) is 5.49. The van der Waals surface area contributed by atoms with Gasteiger partial charge in [-0.1, -0.05) is 0 Å². The topological polar surface area (TPSA) is 149 Å². The van der Waals surface area contributed by atoms with Crippen LogP contribution in [0, 0.1) is 13.8 Å². The standard InChI is InChI=1S/C31H24O10/c1-12-6-18(32)26-28(35)22-16(8-14(37-3)10-20(22)34)24(30(26)40-12)25-17-9-15(38-4)11-21(39-5)23(17)29(36)27-19(33)7-13(2)41-31(25)27/h6-11,34-36H,1-5H3. The van der Waals surface area contributed by atoms with Crippen LogP contribution in [-0.2, 0) is 0 Å². The molecule has 10 nitrogen and oxygen atoms in total. The molecule has 0 amide bonds. The van der Waals surface area contributed by atoms with Crippen molar-refractivity contribution >= 4 is 43.5 Å². The molecule has 6 aromatic rings. The quantitative estimate of drug-likeness (QED) is 0.233. The van der Waals surface area contributed by atoms with E-state index >= 15 is 0 Å². The second-order valence-electron chi connectivity index (χ2n) is 9.62. The third kappa shape index (κ3) is 3.64. The number of benzene rings is 4. The molecule has 208 valence electrons. The Morgan fingerprint density at radius 1 is 0.585 bits per heavy atom. The minimum Gasteiger partial charge on any atom is -0.507 e. The summed E-state index contributed by atoms with van der Waals surface area (Å²) in [6.07, 6.45) is 0. The third-order valence-corrected chi connectivity index (χ3v) is 7.19. The summed E-state index contributed by atoms with van der Waals surface area (Å²) in [7, 11) is 4.28. The molecule has 6 rings (SSSR count). The zero-order valence-electron chi connectivity index (χ0n) is 22.7. The number of phenols is 3. The van der Waals surface area contributed by atoms with Crippen molar-refractivity contribution in [2.24, 2.45) is 0 Å². The predicted molar refractivity (Wildman–Crippen MR) is 153 cm³/mol. The molecular formula is C31H24O10. The average molecular weight is 557 g/mol. The van der Waals surface area contributed by atoms with Crippen molar-refractivity contribution in [1.82, 2.24) is 0 Å². The molecule has 0 bridgehead atoms. The lowest BCUT2D eigenvalue weighted by atomic mass is 9.88. The highest BCUT2D eigenvalue weighted by Crippen LogP contribution is 2.52. The molecule has 0 atom stereocenters. The number of aryl methyl sites for hydroxylation is 2. The SMILES string of the molecule is COc1cc(O)c2c(O)c3c(=O)cc(C)oc3c(-c3c4cc(OC)cc(OC)c4c(O)c4c(=O)cc(C)oc34)c2c1. The zero-order chi connectivity index (χ0) is 29.3. The first-order valence-corrected chi connectivity index (χ1v) is 12.4. The molecular weight excluding hydrogens is 532 g/mol. The van der Waals surface area contributed by atoms with Crippen molar-refractivity contribution in [3.63, 3.8) is 0 Å². The van der Waals surface area contributed by atoms with Gasteiger partial charge in [0, 0.05) is 46.2 Å². The normalized spacial score (nSPS) is 11.5. The Kier molecular flexibility index (Phi) is 5.74. The number of methoxy groups -OCH3 is 3. The van der Waals surface area contributed by atoms with Crippen LogP contribution >= 0.6 is 0 Å². The lowest BCUT2D eigenvalue weighted by molar-refractivity contribution is 0.396. The van der Waals surface area contributed by atoms with Crippen molar-refractivity contribution < 1.29 is 38.4 Å². The maximum atomic E-state index is 13.4. The predicted octanol–water partition coefficient (Wildman–Crippen LogP) is 5.63. The highest BCUT2D eigenvalue weighted by Gasteiger charge is 2.29. The van der Waals surface area contributed by atoms with E-state index in [2.05, 4.69) is 0 Å². The molecule has 41 heavy (non-hydrogen) atoms. The molecule has 0 unspecified atom stereocenters.